The third kappa shape index (κ3) is 3.44. The first kappa shape index (κ1) is 17.4. The molecule has 1 unspecified atom stereocenters. The molecule has 2 aromatic carbocycles. The number of nitrogens with one attached hydrogen (secondary N) is 1. The van der Waals surface area contributed by atoms with Crippen LogP contribution in [0.2, 0.25) is 5.02 Å². The van der Waals surface area contributed by atoms with Crippen LogP contribution in [0, 0.1) is 0 Å². The van der Waals surface area contributed by atoms with Crippen molar-refractivity contribution in [3.8, 4) is 0 Å². The van der Waals surface area contributed by atoms with Gasteiger partial charge in [0, 0.05) is 17.6 Å². The number of para-hydroxylation sites is 2. The summed E-state index contributed by atoms with van der Waals surface area (Å²) < 4.78 is 6.70. The second-order valence-electron chi connectivity index (χ2n) is 6.29. The maximum Gasteiger partial charge on any atom is 0.298 e. The normalized spacial score (nSPS) is 17.0. The number of benzene rings is 2. The van der Waals surface area contributed by atoms with Crippen LogP contribution in [-0.2, 0) is 0 Å². The smallest absolute Gasteiger partial charge is 0.298 e. The largest absolute Gasteiger partial charge is 0.423 e. The lowest BCUT2D eigenvalue weighted by Gasteiger charge is -2.23. The number of anilines is 1. The van der Waals surface area contributed by atoms with Crippen molar-refractivity contribution < 1.29 is 9.21 Å². The highest BCUT2D eigenvalue weighted by molar-refractivity contribution is 9.10. The highest BCUT2D eigenvalue weighted by Gasteiger charge is 2.29. The molecule has 1 aliphatic rings. The van der Waals surface area contributed by atoms with E-state index in [2.05, 4.69) is 31.1 Å². The minimum atomic E-state index is -0.180. The second kappa shape index (κ2) is 7.29. The number of hydrogen-bond acceptors (Lipinski definition) is 4. The van der Waals surface area contributed by atoms with E-state index in [9.17, 15) is 4.79 Å². The molecule has 0 bridgehead atoms. The van der Waals surface area contributed by atoms with Gasteiger partial charge < -0.3 is 14.6 Å². The number of fused-ring (bicyclic) bond motifs is 1. The van der Waals surface area contributed by atoms with Crippen molar-refractivity contribution in [3.63, 3.8) is 0 Å². The molecule has 2 heterocycles. The molecule has 26 heavy (non-hydrogen) atoms. The Bertz CT molecular complexity index is 926. The Labute approximate surface area is 164 Å². The Balaban J connectivity index is 1.47. The van der Waals surface area contributed by atoms with Crippen molar-refractivity contribution in [3.05, 3.63) is 57.5 Å². The van der Waals surface area contributed by atoms with Gasteiger partial charge in [-0.15, -0.1) is 0 Å². The molecule has 1 aromatic heterocycles. The van der Waals surface area contributed by atoms with E-state index in [1.807, 2.05) is 30.3 Å². The number of nitrogens with zero attached hydrogens (tertiary/aromatic N) is 2. The van der Waals surface area contributed by atoms with Gasteiger partial charge in [0.15, 0.2) is 5.58 Å². The molecule has 1 aliphatic heterocycles. The molecule has 1 saturated heterocycles. The van der Waals surface area contributed by atoms with Gasteiger partial charge >= 0.3 is 0 Å². The summed E-state index contributed by atoms with van der Waals surface area (Å²) in [5.41, 5.74) is 2.09. The minimum absolute atomic E-state index is 0.151. The molecule has 1 N–H and O–H groups in total. The van der Waals surface area contributed by atoms with Crippen molar-refractivity contribution in [1.29, 1.82) is 0 Å². The van der Waals surface area contributed by atoms with Crippen molar-refractivity contribution >= 4 is 50.6 Å². The maximum atomic E-state index is 12.5. The molecule has 7 heteroatoms. The van der Waals surface area contributed by atoms with Crippen LogP contribution in [0.25, 0.3) is 11.1 Å². The van der Waals surface area contributed by atoms with E-state index < -0.39 is 0 Å². The van der Waals surface area contributed by atoms with Gasteiger partial charge in [-0.05, 0) is 43.2 Å². The van der Waals surface area contributed by atoms with E-state index in [4.69, 9.17) is 16.0 Å². The number of oxazole rings is 1. The predicted octanol–water partition coefficient (Wildman–Crippen LogP) is 4.64. The van der Waals surface area contributed by atoms with E-state index in [1.54, 1.807) is 12.1 Å². The average molecular weight is 435 g/mol. The van der Waals surface area contributed by atoms with Crippen molar-refractivity contribution in [2.75, 3.05) is 18.0 Å². The third-order valence-electron chi connectivity index (χ3n) is 4.58. The molecule has 134 valence electrons. The molecule has 1 fully saturated rings. The van der Waals surface area contributed by atoms with Gasteiger partial charge in [0.1, 0.15) is 5.52 Å². The average Bonchev–Trinajstić information content (AvgIpc) is 3.27. The van der Waals surface area contributed by atoms with Crippen LogP contribution in [0.3, 0.4) is 0 Å². The van der Waals surface area contributed by atoms with Gasteiger partial charge in [0.2, 0.25) is 0 Å². The molecular weight excluding hydrogens is 418 g/mol. The van der Waals surface area contributed by atoms with Crippen LogP contribution in [0.5, 0.6) is 0 Å². The molecule has 1 atom stereocenters. The van der Waals surface area contributed by atoms with Crippen LogP contribution < -0.4 is 10.2 Å². The fraction of sp³-hybridized carbons (Fsp3) is 0.263. The van der Waals surface area contributed by atoms with E-state index in [0.717, 1.165) is 35.0 Å². The summed E-state index contributed by atoms with van der Waals surface area (Å²) >= 11 is 9.51. The predicted molar refractivity (Wildman–Crippen MR) is 106 cm³/mol. The molecule has 5 nitrogen and oxygen atoms in total. The molecule has 0 saturated carbocycles. The number of amides is 1. The van der Waals surface area contributed by atoms with E-state index in [-0.39, 0.29) is 11.9 Å². The summed E-state index contributed by atoms with van der Waals surface area (Å²) in [4.78, 5) is 19.2. The van der Waals surface area contributed by atoms with Crippen molar-refractivity contribution in [1.82, 2.24) is 10.3 Å². The highest BCUT2D eigenvalue weighted by Crippen LogP contribution is 2.28. The number of rotatable bonds is 4. The number of carbonyl (C=O) groups is 1. The highest BCUT2D eigenvalue weighted by atomic mass is 79.9. The zero-order chi connectivity index (χ0) is 18.1. The Morgan fingerprint density at radius 2 is 2.19 bits per heavy atom. The SMILES string of the molecule is O=C(NCC1CCCN1c1nc2ccccc2o1)c1cc(Br)ccc1Cl. The van der Waals surface area contributed by atoms with E-state index in [0.29, 0.717) is 23.1 Å². The van der Waals surface area contributed by atoms with Crippen LogP contribution in [0.1, 0.15) is 23.2 Å². The molecular formula is C19H17BrClN3O2. The Hall–Kier alpha value is -2.05. The summed E-state index contributed by atoms with van der Waals surface area (Å²) in [6, 6.07) is 13.7. The number of aromatic nitrogens is 1. The fourth-order valence-electron chi connectivity index (χ4n) is 3.26. The van der Waals surface area contributed by atoms with E-state index >= 15 is 0 Å². The van der Waals surface area contributed by atoms with Crippen LogP contribution in [-0.4, -0.2) is 30.0 Å². The first-order valence-corrected chi connectivity index (χ1v) is 9.64. The first-order chi connectivity index (χ1) is 12.6. The van der Waals surface area contributed by atoms with Crippen LogP contribution in [0.15, 0.2) is 51.4 Å². The first-order valence-electron chi connectivity index (χ1n) is 8.47. The molecule has 0 radical (unpaired) electrons. The van der Waals surface area contributed by atoms with Crippen LogP contribution >= 0.6 is 27.5 Å². The molecule has 1 amide bonds. The van der Waals surface area contributed by atoms with Gasteiger partial charge in [0.25, 0.3) is 11.9 Å². The molecule has 0 spiro atoms. The molecule has 3 aromatic rings. The lowest BCUT2D eigenvalue weighted by molar-refractivity contribution is 0.0951. The van der Waals surface area contributed by atoms with Crippen molar-refractivity contribution in [2.24, 2.45) is 0 Å². The zero-order valence-corrected chi connectivity index (χ0v) is 16.3. The summed E-state index contributed by atoms with van der Waals surface area (Å²) in [6.45, 7) is 1.38. The topological polar surface area (TPSA) is 58.4 Å². The van der Waals surface area contributed by atoms with E-state index in [1.165, 1.54) is 0 Å². The van der Waals surface area contributed by atoms with Crippen LogP contribution in [0.4, 0.5) is 6.01 Å². The van der Waals surface area contributed by atoms with Gasteiger partial charge in [-0.25, -0.2) is 0 Å². The lowest BCUT2D eigenvalue weighted by Crippen LogP contribution is -2.40. The summed E-state index contributed by atoms with van der Waals surface area (Å²) in [6.07, 6.45) is 2.02. The summed E-state index contributed by atoms with van der Waals surface area (Å²) in [5, 5.41) is 3.43. The van der Waals surface area contributed by atoms with Gasteiger partial charge in [-0.3, -0.25) is 4.79 Å². The number of carbonyl (C=O) groups excluding carboxylic acids is 1. The number of hydrogen-bond donors (Lipinski definition) is 1. The Morgan fingerprint density at radius 1 is 1.35 bits per heavy atom. The summed E-state index contributed by atoms with van der Waals surface area (Å²) in [5.74, 6) is -0.180. The van der Waals surface area contributed by atoms with Gasteiger partial charge in [-0.2, -0.15) is 4.98 Å². The lowest BCUT2D eigenvalue weighted by atomic mass is 10.2. The Kier molecular flexibility index (Phi) is 4.87. The second-order valence-corrected chi connectivity index (χ2v) is 7.61. The monoisotopic (exact) mass is 433 g/mol. The van der Waals surface area contributed by atoms with Crippen molar-refractivity contribution in [2.45, 2.75) is 18.9 Å². The quantitative estimate of drug-likeness (QED) is 0.650. The van der Waals surface area contributed by atoms with Gasteiger partial charge in [-0.1, -0.05) is 39.7 Å². The van der Waals surface area contributed by atoms with Gasteiger partial charge in [0.05, 0.1) is 16.6 Å². The Morgan fingerprint density at radius 3 is 3.04 bits per heavy atom. The number of halogens is 2. The molecule has 0 aliphatic carbocycles. The summed E-state index contributed by atoms with van der Waals surface area (Å²) in [7, 11) is 0. The fourth-order valence-corrected chi connectivity index (χ4v) is 3.82. The minimum Gasteiger partial charge on any atom is -0.423 e. The third-order valence-corrected chi connectivity index (χ3v) is 5.40. The maximum absolute atomic E-state index is 12.5. The standard InChI is InChI=1S/C19H17BrClN3O2/c20-12-7-8-15(21)14(10-12)18(25)22-11-13-4-3-9-24(13)19-23-16-5-1-2-6-17(16)26-19/h1-2,5-8,10,13H,3-4,9,11H2,(H,22,25). The molecule has 4 rings (SSSR count). The zero-order valence-electron chi connectivity index (χ0n) is 13.9.